The van der Waals surface area contributed by atoms with Gasteiger partial charge in [0.25, 0.3) is 11.8 Å². The molecule has 0 aliphatic carbocycles. The molecule has 9 nitrogen and oxygen atoms in total. The summed E-state index contributed by atoms with van der Waals surface area (Å²) in [5.41, 5.74) is 1.37. The van der Waals surface area contributed by atoms with E-state index in [2.05, 4.69) is 15.5 Å². The normalized spacial score (nSPS) is 12.9. The van der Waals surface area contributed by atoms with Gasteiger partial charge in [0, 0.05) is 0 Å². The monoisotopic (exact) mass is 395 g/mol. The van der Waals surface area contributed by atoms with Gasteiger partial charge < -0.3 is 4.74 Å². The van der Waals surface area contributed by atoms with Gasteiger partial charge >= 0.3 is 5.97 Å². The molecule has 0 atom stereocenters. The van der Waals surface area contributed by atoms with E-state index in [1.807, 2.05) is 30.3 Å². The first-order valence-corrected chi connectivity index (χ1v) is 9.21. The Morgan fingerprint density at radius 3 is 2.29 bits per heavy atom. The number of carbonyl (C=O) groups excluding carboxylic acids is 3. The van der Waals surface area contributed by atoms with Gasteiger partial charge in [-0.2, -0.15) is 4.68 Å². The molecule has 0 spiro atoms. The van der Waals surface area contributed by atoms with Crippen LogP contribution in [0.4, 0.5) is 0 Å². The van der Waals surface area contributed by atoms with Crippen molar-refractivity contribution in [3.8, 4) is 5.69 Å². The Morgan fingerprint density at radius 1 is 0.964 bits per heavy atom. The Bertz CT molecular complexity index is 1020. The highest BCUT2D eigenvalue weighted by Crippen LogP contribution is 2.22. The summed E-state index contributed by atoms with van der Waals surface area (Å²) in [5, 5.41) is 11.8. The summed E-state index contributed by atoms with van der Waals surface area (Å²) in [7, 11) is 0. The van der Waals surface area contributed by atoms with Gasteiger partial charge in [0.15, 0.2) is 6.73 Å². The van der Waals surface area contributed by atoms with Crippen molar-refractivity contribution in [3.63, 3.8) is 0 Å². The molecule has 0 N–H and O–H groups in total. The van der Waals surface area contributed by atoms with Gasteiger partial charge in [0.1, 0.15) is 0 Å². The maximum absolute atomic E-state index is 12.2. The van der Waals surface area contributed by atoms with Crippen LogP contribution < -0.4 is 0 Å². The average molecular weight is 395 g/mol. The molecule has 28 heavy (non-hydrogen) atoms. The number of imide groups is 1. The van der Waals surface area contributed by atoms with Crippen LogP contribution in [0.25, 0.3) is 5.69 Å². The summed E-state index contributed by atoms with van der Waals surface area (Å²) in [5.74, 6) is -1.62. The first-order chi connectivity index (χ1) is 13.6. The third kappa shape index (κ3) is 3.37. The Balaban J connectivity index is 1.34. The zero-order valence-corrected chi connectivity index (χ0v) is 15.2. The van der Waals surface area contributed by atoms with E-state index in [0.717, 1.165) is 22.3 Å². The zero-order chi connectivity index (χ0) is 19.5. The topological polar surface area (TPSA) is 107 Å². The van der Waals surface area contributed by atoms with Crippen molar-refractivity contribution >= 4 is 29.5 Å². The fourth-order valence-corrected chi connectivity index (χ4v) is 3.35. The fraction of sp³-hybridized carbons (Fsp3) is 0.111. The predicted octanol–water partition coefficient (Wildman–Crippen LogP) is 1.55. The Morgan fingerprint density at radius 2 is 1.61 bits per heavy atom. The Kier molecular flexibility index (Phi) is 4.85. The minimum Gasteiger partial charge on any atom is -0.443 e. The highest BCUT2D eigenvalue weighted by atomic mass is 32.2. The molecule has 0 saturated heterocycles. The van der Waals surface area contributed by atoms with E-state index in [9.17, 15) is 14.4 Å². The number of fused-ring (bicyclic) bond motifs is 1. The minimum atomic E-state index is -0.593. The average Bonchev–Trinajstić information content (AvgIpc) is 3.29. The molecular weight excluding hydrogens is 382 g/mol. The molecule has 2 amide bonds. The second-order valence-corrected chi connectivity index (χ2v) is 6.67. The maximum atomic E-state index is 12.2. The van der Waals surface area contributed by atoms with Crippen LogP contribution in [0.2, 0.25) is 0 Å². The zero-order valence-electron chi connectivity index (χ0n) is 14.4. The largest absolute Gasteiger partial charge is 0.443 e. The highest BCUT2D eigenvalue weighted by Gasteiger charge is 2.35. The van der Waals surface area contributed by atoms with E-state index in [4.69, 9.17) is 4.74 Å². The van der Waals surface area contributed by atoms with Gasteiger partial charge in [-0.1, -0.05) is 42.1 Å². The molecule has 0 radical (unpaired) electrons. The second kappa shape index (κ2) is 7.61. The molecule has 140 valence electrons. The number of thioether (sulfide) groups is 1. The summed E-state index contributed by atoms with van der Waals surface area (Å²) < 4.78 is 6.59. The van der Waals surface area contributed by atoms with E-state index in [-0.39, 0.29) is 5.75 Å². The molecule has 2 aromatic carbocycles. The maximum Gasteiger partial charge on any atom is 0.318 e. The van der Waals surface area contributed by atoms with Gasteiger partial charge in [0.2, 0.25) is 5.16 Å². The molecule has 0 fully saturated rings. The van der Waals surface area contributed by atoms with Crippen LogP contribution in [0.5, 0.6) is 0 Å². The fourth-order valence-electron chi connectivity index (χ4n) is 2.66. The molecule has 4 rings (SSSR count). The van der Waals surface area contributed by atoms with Gasteiger partial charge in [-0.05, 0) is 34.7 Å². The van der Waals surface area contributed by atoms with Crippen LogP contribution in [0, 0.1) is 0 Å². The van der Waals surface area contributed by atoms with Crippen molar-refractivity contribution in [1.82, 2.24) is 25.1 Å². The van der Waals surface area contributed by atoms with Crippen LogP contribution >= 0.6 is 11.8 Å². The number of carbonyl (C=O) groups is 3. The molecule has 3 aromatic rings. The molecule has 0 unspecified atom stereocenters. The first-order valence-electron chi connectivity index (χ1n) is 8.22. The van der Waals surface area contributed by atoms with E-state index < -0.39 is 24.5 Å². The lowest BCUT2D eigenvalue weighted by molar-refractivity contribution is -0.142. The number of para-hydroxylation sites is 1. The molecule has 1 aliphatic heterocycles. The predicted molar refractivity (Wildman–Crippen MR) is 97.8 cm³/mol. The van der Waals surface area contributed by atoms with Gasteiger partial charge in [-0.15, -0.1) is 5.10 Å². The molecule has 1 aliphatic rings. The SMILES string of the molecule is O=C(CSc1nnnn1-c1ccccc1)OCN1C(=O)c2ccccc2C1=O. The number of hydrogen-bond donors (Lipinski definition) is 0. The number of benzene rings is 2. The highest BCUT2D eigenvalue weighted by molar-refractivity contribution is 7.99. The molecular formula is C18H13N5O4S. The van der Waals surface area contributed by atoms with E-state index in [0.29, 0.717) is 16.3 Å². The van der Waals surface area contributed by atoms with E-state index in [1.54, 1.807) is 24.3 Å². The van der Waals surface area contributed by atoms with Crippen molar-refractivity contribution in [2.24, 2.45) is 0 Å². The van der Waals surface area contributed by atoms with Crippen LogP contribution in [0.1, 0.15) is 20.7 Å². The molecule has 2 heterocycles. The third-order valence-electron chi connectivity index (χ3n) is 3.99. The molecule has 1 aromatic heterocycles. The lowest BCUT2D eigenvalue weighted by Crippen LogP contribution is -2.33. The van der Waals surface area contributed by atoms with Crippen LogP contribution in [-0.2, 0) is 9.53 Å². The van der Waals surface area contributed by atoms with Crippen molar-refractivity contribution in [3.05, 3.63) is 65.7 Å². The minimum absolute atomic E-state index is 0.0730. The van der Waals surface area contributed by atoms with Gasteiger partial charge in [-0.25, -0.2) is 4.90 Å². The number of rotatable bonds is 6. The summed E-state index contributed by atoms with van der Waals surface area (Å²) in [6, 6.07) is 15.7. The number of amides is 2. The number of aromatic nitrogens is 4. The smallest absolute Gasteiger partial charge is 0.318 e. The standard InChI is InChI=1S/C18H13N5O4S/c24-15(10-28-18-19-20-21-23(18)12-6-2-1-3-7-12)27-11-22-16(25)13-8-4-5-9-14(13)17(22)26/h1-9H,10-11H2. The Labute approximate surface area is 163 Å². The van der Waals surface area contributed by atoms with Gasteiger partial charge in [-0.3, -0.25) is 14.4 Å². The summed E-state index contributed by atoms with van der Waals surface area (Å²) in [4.78, 5) is 37.5. The Hall–Kier alpha value is -3.53. The van der Waals surface area contributed by atoms with E-state index in [1.165, 1.54) is 4.68 Å². The summed E-state index contributed by atoms with van der Waals surface area (Å²) in [6.45, 7) is -0.435. The van der Waals surface area contributed by atoms with Gasteiger partial charge in [0.05, 0.1) is 22.6 Å². The number of nitrogens with zero attached hydrogens (tertiary/aromatic N) is 5. The molecule has 0 saturated carbocycles. The quantitative estimate of drug-likeness (QED) is 0.351. The van der Waals surface area contributed by atoms with Crippen LogP contribution in [-0.4, -0.2) is 55.4 Å². The molecule has 0 bridgehead atoms. The number of ether oxygens (including phenoxy) is 1. The summed E-state index contributed by atoms with van der Waals surface area (Å²) >= 11 is 1.09. The lowest BCUT2D eigenvalue weighted by Gasteiger charge is -2.13. The molecule has 10 heteroatoms. The second-order valence-electron chi connectivity index (χ2n) is 5.73. The number of esters is 1. The number of tetrazole rings is 1. The van der Waals surface area contributed by atoms with Crippen molar-refractivity contribution in [2.75, 3.05) is 12.5 Å². The van der Waals surface area contributed by atoms with Crippen molar-refractivity contribution in [2.45, 2.75) is 5.16 Å². The third-order valence-corrected chi connectivity index (χ3v) is 4.89. The first kappa shape index (κ1) is 17.9. The van der Waals surface area contributed by atoms with Crippen molar-refractivity contribution < 1.29 is 19.1 Å². The number of hydrogen-bond acceptors (Lipinski definition) is 8. The van der Waals surface area contributed by atoms with Crippen molar-refractivity contribution in [1.29, 1.82) is 0 Å². The van der Waals surface area contributed by atoms with Crippen LogP contribution in [0.3, 0.4) is 0 Å². The van der Waals surface area contributed by atoms with Crippen LogP contribution in [0.15, 0.2) is 59.8 Å². The lowest BCUT2D eigenvalue weighted by atomic mass is 10.1. The summed E-state index contributed by atoms with van der Waals surface area (Å²) in [6.07, 6.45) is 0. The van der Waals surface area contributed by atoms with E-state index >= 15 is 0 Å².